The number of carbonyl (C=O) groups is 3. The van der Waals surface area contributed by atoms with Gasteiger partial charge in [-0.1, -0.05) is 57.0 Å². The molecular weight excluding hydrogens is 596 g/mol. The van der Waals surface area contributed by atoms with Crippen molar-refractivity contribution in [3.05, 3.63) is 59.2 Å². The molecule has 10 nitrogen and oxygen atoms in total. The van der Waals surface area contributed by atoms with Crippen LogP contribution in [0.1, 0.15) is 95.4 Å². The zero-order valence-corrected chi connectivity index (χ0v) is 28.0. The highest BCUT2D eigenvalue weighted by Gasteiger charge is 2.42. The van der Waals surface area contributed by atoms with Gasteiger partial charge in [-0.25, -0.2) is 8.42 Å². The zero-order chi connectivity index (χ0) is 33.0. The fourth-order valence-electron chi connectivity index (χ4n) is 5.88. The van der Waals surface area contributed by atoms with Crippen molar-refractivity contribution >= 4 is 27.7 Å². The minimum atomic E-state index is -3.73. The molecule has 2 aromatic rings. The van der Waals surface area contributed by atoms with E-state index in [1.54, 1.807) is 26.0 Å². The second-order valence-electron chi connectivity index (χ2n) is 11.5. The lowest BCUT2D eigenvalue weighted by Gasteiger charge is -2.36. The number of nitrogens with one attached hydrogen (secondary N) is 2. The molecule has 0 aromatic heterocycles. The van der Waals surface area contributed by atoms with Crippen molar-refractivity contribution in [2.24, 2.45) is 0 Å². The number of hydrogen-bond donors (Lipinski definition) is 2. The van der Waals surface area contributed by atoms with Crippen LogP contribution >= 0.6 is 0 Å². The second-order valence-corrected chi connectivity index (χ2v) is 13.4. The third-order valence-electron chi connectivity index (χ3n) is 8.22. The van der Waals surface area contributed by atoms with Crippen LogP contribution in [0.25, 0.3) is 0 Å². The fourth-order valence-corrected chi connectivity index (χ4v) is 8.05. The van der Waals surface area contributed by atoms with Crippen LogP contribution in [0.15, 0.2) is 47.4 Å². The topological polar surface area (TPSA) is 137 Å². The Hall–Kier alpha value is -3.44. The number of amides is 1. The number of unbranched alkanes of at least 4 members (excludes halogenated alkanes) is 1. The van der Waals surface area contributed by atoms with Gasteiger partial charge in [-0.05, 0) is 61.9 Å². The first-order valence-electron chi connectivity index (χ1n) is 15.9. The predicted molar refractivity (Wildman–Crippen MR) is 172 cm³/mol. The maximum Gasteiger partial charge on any atom is 0.307 e. The molecule has 1 aliphatic heterocycles. The molecule has 2 N–H and O–H groups in total. The summed E-state index contributed by atoms with van der Waals surface area (Å²) in [4.78, 5) is 37.5. The van der Waals surface area contributed by atoms with E-state index < -0.39 is 39.3 Å². The van der Waals surface area contributed by atoms with Crippen LogP contribution in [0, 0.1) is 0 Å². The number of sulfone groups is 1. The number of esters is 2. The molecule has 0 saturated carbocycles. The molecule has 1 heterocycles. The summed E-state index contributed by atoms with van der Waals surface area (Å²) in [6.45, 7) is 7.84. The first-order valence-corrected chi connectivity index (χ1v) is 17.5. The Kier molecular flexibility index (Phi) is 13.4. The summed E-state index contributed by atoms with van der Waals surface area (Å²) in [7, 11) is -2.21. The molecule has 3 rings (SSSR count). The molecule has 0 bridgehead atoms. The third-order valence-corrected chi connectivity index (χ3v) is 10.2. The van der Waals surface area contributed by atoms with Crippen LogP contribution in [-0.2, 0) is 40.1 Å². The van der Waals surface area contributed by atoms with Gasteiger partial charge in [0.15, 0.2) is 9.84 Å². The monoisotopic (exact) mass is 644 g/mol. The summed E-state index contributed by atoms with van der Waals surface area (Å²) in [5.41, 5.74) is 1.52. The summed E-state index contributed by atoms with van der Waals surface area (Å²) < 4.78 is 44.0. The van der Waals surface area contributed by atoms with Gasteiger partial charge >= 0.3 is 11.9 Å². The predicted octanol–water partition coefficient (Wildman–Crippen LogP) is 4.82. The summed E-state index contributed by atoms with van der Waals surface area (Å²) in [5.74, 6) is -1.03. The van der Waals surface area contributed by atoms with Gasteiger partial charge in [-0.2, -0.15) is 0 Å². The lowest BCUT2D eigenvalue weighted by atomic mass is 9.87. The standard InChI is InChI=1S/C34H48N2O8S/c1-6-10-18-34(7-2)23-45(40,41)29-19-25(28(42-5)22-27(29)33(36-34)24-14-12-11-13-15-24)16-17-30(37)35-26(20-31(38)43-8-3)21-32(39)44-9-4/h11-15,19,22,26,33,36H,6-10,16-18,20-21,23H2,1-5H3,(H,35,37)/t33-,34-/m1/s1. The van der Waals surface area contributed by atoms with Crippen molar-refractivity contribution in [2.45, 2.75) is 102 Å². The minimum absolute atomic E-state index is 0.0207. The molecule has 0 aliphatic carbocycles. The highest BCUT2D eigenvalue weighted by molar-refractivity contribution is 7.91. The molecule has 2 aromatic carbocycles. The maximum absolute atomic E-state index is 14.1. The maximum atomic E-state index is 14.1. The molecule has 0 unspecified atom stereocenters. The van der Waals surface area contributed by atoms with Gasteiger partial charge in [0, 0.05) is 18.0 Å². The SMILES string of the molecule is CCCC[C@]1(CC)CS(=O)(=O)c2cc(CCC(=O)NC(CC(=O)OCC)CC(=O)OCC)c(OC)cc2[C@@H](c2ccccc2)N1. The van der Waals surface area contributed by atoms with Gasteiger partial charge in [0.25, 0.3) is 0 Å². The van der Waals surface area contributed by atoms with E-state index in [0.717, 1.165) is 24.8 Å². The summed E-state index contributed by atoms with van der Waals surface area (Å²) in [6, 6.07) is 12.0. The van der Waals surface area contributed by atoms with E-state index in [-0.39, 0.29) is 55.6 Å². The van der Waals surface area contributed by atoms with Crippen LogP contribution < -0.4 is 15.4 Å². The van der Waals surface area contributed by atoms with E-state index in [0.29, 0.717) is 23.3 Å². The van der Waals surface area contributed by atoms with Crippen LogP contribution in [0.5, 0.6) is 5.75 Å². The van der Waals surface area contributed by atoms with Gasteiger partial charge in [-0.3, -0.25) is 19.7 Å². The molecule has 11 heteroatoms. The van der Waals surface area contributed by atoms with Crippen molar-refractivity contribution in [2.75, 3.05) is 26.1 Å². The van der Waals surface area contributed by atoms with Crippen molar-refractivity contribution in [3.63, 3.8) is 0 Å². The first-order chi connectivity index (χ1) is 21.5. The molecule has 248 valence electrons. The Labute approximate surface area is 267 Å². The summed E-state index contributed by atoms with van der Waals surface area (Å²) >= 11 is 0. The van der Waals surface area contributed by atoms with Crippen molar-refractivity contribution in [1.82, 2.24) is 10.6 Å². The molecule has 1 amide bonds. The third kappa shape index (κ3) is 9.77. The van der Waals surface area contributed by atoms with Crippen molar-refractivity contribution in [3.8, 4) is 5.75 Å². The number of carbonyl (C=O) groups excluding carboxylic acids is 3. The number of methoxy groups -OCH3 is 1. The number of aryl methyl sites for hydroxylation is 1. The Morgan fingerprint density at radius 3 is 2.20 bits per heavy atom. The average molecular weight is 645 g/mol. The zero-order valence-electron chi connectivity index (χ0n) is 27.1. The van der Waals surface area contributed by atoms with E-state index in [1.807, 2.05) is 37.3 Å². The Morgan fingerprint density at radius 1 is 1.00 bits per heavy atom. The highest BCUT2D eigenvalue weighted by atomic mass is 32.2. The fraction of sp³-hybridized carbons (Fsp3) is 0.559. The van der Waals surface area contributed by atoms with Gasteiger partial charge < -0.3 is 19.5 Å². The smallest absolute Gasteiger partial charge is 0.307 e. The molecule has 0 fully saturated rings. The Morgan fingerprint density at radius 2 is 1.64 bits per heavy atom. The van der Waals surface area contributed by atoms with E-state index in [1.165, 1.54) is 7.11 Å². The highest BCUT2D eigenvalue weighted by Crippen LogP contribution is 2.41. The molecular formula is C34H48N2O8S. The minimum Gasteiger partial charge on any atom is -0.496 e. The van der Waals surface area contributed by atoms with Crippen molar-refractivity contribution in [1.29, 1.82) is 0 Å². The second kappa shape index (κ2) is 16.7. The normalized spacial score (nSPS) is 18.8. The molecule has 1 aliphatic rings. The largest absolute Gasteiger partial charge is 0.496 e. The van der Waals surface area contributed by atoms with Gasteiger partial charge in [-0.15, -0.1) is 0 Å². The van der Waals surface area contributed by atoms with E-state index in [4.69, 9.17) is 14.2 Å². The Balaban J connectivity index is 1.95. The van der Waals surface area contributed by atoms with Crippen LogP contribution in [-0.4, -0.2) is 63.9 Å². The van der Waals surface area contributed by atoms with E-state index in [9.17, 15) is 22.8 Å². The lowest BCUT2D eigenvalue weighted by Crippen LogP contribution is -2.50. The van der Waals surface area contributed by atoms with Crippen LogP contribution in [0.4, 0.5) is 0 Å². The van der Waals surface area contributed by atoms with Gasteiger partial charge in [0.05, 0.1) is 49.9 Å². The van der Waals surface area contributed by atoms with Crippen molar-refractivity contribution < 1.29 is 37.0 Å². The molecule has 45 heavy (non-hydrogen) atoms. The summed E-state index contributed by atoms with van der Waals surface area (Å²) in [6.07, 6.45) is 3.02. The average Bonchev–Trinajstić information content (AvgIpc) is 3.10. The number of fused-ring (bicyclic) bond motifs is 1. The van der Waals surface area contributed by atoms with Crippen LogP contribution in [0.2, 0.25) is 0 Å². The van der Waals surface area contributed by atoms with Gasteiger partial charge in [0.1, 0.15) is 5.75 Å². The molecule has 0 spiro atoms. The lowest BCUT2D eigenvalue weighted by molar-refractivity contribution is -0.146. The number of rotatable bonds is 16. The molecule has 2 atom stereocenters. The first kappa shape index (κ1) is 36.0. The number of benzene rings is 2. The molecule has 0 radical (unpaired) electrons. The number of ether oxygens (including phenoxy) is 3. The van der Waals surface area contributed by atoms with Crippen LogP contribution in [0.3, 0.4) is 0 Å². The number of hydrogen-bond acceptors (Lipinski definition) is 9. The quantitative estimate of drug-likeness (QED) is 0.246. The Bertz CT molecular complexity index is 1390. The van der Waals surface area contributed by atoms with E-state index >= 15 is 0 Å². The molecule has 0 saturated heterocycles. The summed E-state index contributed by atoms with van der Waals surface area (Å²) in [5, 5.41) is 6.51. The van der Waals surface area contributed by atoms with E-state index in [2.05, 4.69) is 17.6 Å². The van der Waals surface area contributed by atoms with Gasteiger partial charge in [0.2, 0.25) is 5.91 Å².